The van der Waals surface area contributed by atoms with Gasteiger partial charge in [-0.05, 0) is 36.8 Å². The Hall–Kier alpha value is -2.56. The fourth-order valence-electron chi connectivity index (χ4n) is 1.89. The van der Waals surface area contributed by atoms with Gasteiger partial charge in [0.15, 0.2) is 0 Å². The molecule has 0 radical (unpaired) electrons. The molecule has 1 amide bonds. The number of carbonyl (C=O) groups is 1. The number of pyridine rings is 1. The lowest BCUT2D eigenvalue weighted by Crippen LogP contribution is -2.23. The molecule has 0 aliphatic rings. The van der Waals surface area contributed by atoms with Crippen molar-refractivity contribution >= 4 is 11.6 Å². The monoisotopic (exact) mass is 285 g/mol. The van der Waals surface area contributed by atoms with Crippen LogP contribution in [-0.2, 0) is 6.54 Å². The summed E-state index contributed by atoms with van der Waals surface area (Å²) in [7, 11) is 1.62. The standard InChI is InChI=1S/C16H19N3O2/c1-3-17-13-8-9-18-15(10-13)16(20)19-11-12-4-6-14(21-2)7-5-12/h4-10H,3,11H2,1-2H3,(H,17,18)(H,19,20). The summed E-state index contributed by atoms with van der Waals surface area (Å²) in [6.07, 6.45) is 1.63. The maximum absolute atomic E-state index is 12.1. The predicted octanol–water partition coefficient (Wildman–Crippen LogP) is 2.45. The Kier molecular flexibility index (Phi) is 5.15. The summed E-state index contributed by atoms with van der Waals surface area (Å²) in [4.78, 5) is 16.2. The Morgan fingerprint density at radius 3 is 2.67 bits per heavy atom. The van der Waals surface area contributed by atoms with Crippen LogP contribution in [0.2, 0.25) is 0 Å². The first-order chi connectivity index (χ1) is 10.2. The van der Waals surface area contributed by atoms with Crippen molar-refractivity contribution in [3.63, 3.8) is 0 Å². The van der Waals surface area contributed by atoms with Gasteiger partial charge in [-0.25, -0.2) is 0 Å². The highest BCUT2D eigenvalue weighted by molar-refractivity contribution is 5.93. The van der Waals surface area contributed by atoms with E-state index in [1.807, 2.05) is 37.3 Å². The van der Waals surface area contributed by atoms with Gasteiger partial charge in [-0.15, -0.1) is 0 Å². The average Bonchev–Trinajstić information content (AvgIpc) is 2.53. The van der Waals surface area contributed by atoms with E-state index >= 15 is 0 Å². The molecule has 2 rings (SSSR count). The van der Waals surface area contributed by atoms with Crippen LogP contribution in [-0.4, -0.2) is 24.5 Å². The minimum absolute atomic E-state index is 0.189. The van der Waals surface area contributed by atoms with Crippen LogP contribution in [0.15, 0.2) is 42.6 Å². The SMILES string of the molecule is CCNc1ccnc(C(=O)NCc2ccc(OC)cc2)c1. The molecule has 5 nitrogen and oxygen atoms in total. The molecular formula is C16H19N3O2. The van der Waals surface area contributed by atoms with Gasteiger partial charge in [-0.1, -0.05) is 12.1 Å². The lowest BCUT2D eigenvalue weighted by Gasteiger charge is -2.07. The topological polar surface area (TPSA) is 63.2 Å². The van der Waals surface area contributed by atoms with Crippen LogP contribution in [0.5, 0.6) is 5.75 Å². The Balaban J connectivity index is 1.95. The fourth-order valence-corrected chi connectivity index (χ4v) is 1.89. The zero-order chi connectivity index (χ0) is 15.1. The number of ether oxygens (including phenoxy) is 1. The molecule has 0 aliphatic carbocycles. The van der Waals surface area contributed by atoms with Crippen molar-refractivity contribution in [3.8, 4) is 5.75 Å². The Morgan fingerprint density at radius 1 is 1.24 bits per heavy atom. The third kappa shape index (κ3) is 4.21. The summed E-state index contributed by atoms with van der Waals surface area (Å²) >= 11 is 0. The predicted molar refractivity (Wildman–Crippen MR) is 82.6 cm³/mol. The molecule has 1 heterocycles. The van der Waals surface area contributed by atoms with Gasteiger partial charge in [0.05, 0.1) is 7.11 Å². The van der Waals surface area contributed by atoms with Gasteiger partial charge < -0.3 is 15.4 Å². The first-order valence-corrected chi connectivity index (χ1v) is 6.84. The molecule has 1 aromatic heterocycles. The van der Waals surface area contributed by atoms with Crippen molar-refractivity contribution in [2.75, 3.05) is 19.0 Å². The normalized spacial score (nSPS) is 10.0. The third-order valence-electron chi connectivity index (χ3n) is 2.99. The smallest absolute Gasteiger partial charge is 0.270 e. The molecule has 1 aromatic carbocycles. The molecule has 5 heteroatoms. The molecule has 2 N–H and O–H groups in total. The van der Waals surface area contributed by atoms with Crippen molar-refractivity contribution in [2.45, 2.75) is 13.5 Å². The van der Waals surface area contributed by atoms with Crippen LogP contribution in [0.3, 0.4) is 0 Å². The fraction of sp³-hybridized carbons (Fsp3) is 0.250. The van der Waals surface area contributed by atoms with Crippen LogP contribution in [0.25, 0.3) is 0 Å². The van der Waals surface area contributed by atoms with E-state index in [9.17, 15) is 4.79 Å². The van der Waals surface area contributed by atoms with Gasteiger partial charge in [0, 0.05) is 25.0 Å². The van der Waals surface area contributed by atoms with Crippen molar-refractivity contribution in [3.05, 3.63) is 53.9 Å². The average molecular weight is 285 g/mol. The third-order valence-corrected chi connectivity index (χ3v) is 2.99. The highest BCUT2D eigenvalue weighted by Gasteiger charge is 2.07. The molecule has 0 saturated carbocycles. The summed E-state index contributed by atoms with van der Waals surface area (Å²) < 4.78 is 5.10. The molecule has 0 fully saturated rings. The van der Waals surface area contributed by atoms with E-state index in [1.165, 1.54) is 0 Å². The van der Waals surface area contributed by atoms with Crippen LogP contribution in [0.1, 0.15) is 23.0 Å². The van der Waals surface area contributed by atoms with Crippen molar-refractivity contribution < 1.29 is 9.53 Å². The lowest BCUT2D eigenvalue weighted by molar-refractivity contribution is 0.0946. The number of rotatable bonds is 6. The van der Waals surface area contributed by atoms with E-state index in [1.54, 1.807) is 19.4 Å². The van der Waals surface area contributed by atoms with E-state index < -0.39 is 0 Å². The molecule has 0 bridgehead atoms. The minimum atomic E-state index is -0.189. The van der Waals surface area contributed by atoms with E-state index in [4.69, 9.17) is 4.74 Å². The number of nitrogens with one attached hydrogen (secondary N) is 2. The number of benzene rings is 1. The Morgan fingerprint density at radius 2 is 2.00 bits per heavy atom. The molecule has 0 atom stereocenters. The van der Waals surface area contributed by atoms with E-state index in [0.29, 0.717) is 12.2 Å². The van der Waals surface area contributed by atoms with Crippen LogP contribution in [0.4, 0.5) is 5.69 Å². The second-order valence-corrected chi connectivity index (χ2v) is 4.49. The van der Waals surface area contributed by atoms with Crippen molar-refractivity contribution in [1.29, 1.82) is 0 Å². The maximum Gasteiger partial charge on any atom is 0.270 e. The Bertz CT molecular complexity index is 597. The number of nitrogens with zero attached hydrogens (tertiary/aromatic N) is 1. The number of carbonyl (C=O) groups excluding carboxylic acids is 1. The van der Waals surface area contributed by atoms with E-state index in [-0.39, 0.29) is 5.91 Å². The summed E-state index contributed by atoms with van der Waals surface area (Å²) in [5, 5.41) is 6.01. The van der Waals surface area contributed by atoms with Crippen molar-refractivity contribution in [2.24, 2.45) is 0 Å². The van der Waals surface area contributed by atoms with Gasteiger partial charge in [0.25, 0.3) is 5.91 Å². The quantitative estimate of drug-likeness (QED) is 0.855. The van der Waals surface area contributed by atoms with Crippen molar-refractivity contribution in [1.82, 2.24) is 10.3 Å². The molecule has 21 heavy (non-hydrogen) atoms. The zero-order valence-electron chi connectivity index (χ0n) is 12.2. The Labute approximate surface area is 124 Å². The molecular weight excluding hydrogens is 266 g/mol. The van der Waals surface area contributed by atoms with E-state index in [0.717, 1.165) is 23.5 Å². The van der Waals surface area contributed by atoms with Gasteiger partial charge in [0.2, 0.25) is 0 Å². The first-order valence-electron chi connectivity index (χ1n) is 6.84. The number of hydrogen-bond donors (Lipinski definition) is 2. The highest BCUT2D eigenvalue weighted by Crippen LogP contribution is 2.11. The number of anilines is 1. The largest absolute Gasteiger partial charge is 0.497 e. The van der Waals surface area contributed by atoms with Gasteiger partial charge in [0.1, 0.15) is 11.4 Å². The van der Waals surface area contributed by atoms with Crippen LogP contribution in [0, 0.1) is 0 Å². The molecule has 2 aromatic rings. The second kappa shape index (κ2) is 7.28. The first kappa shape index (κ1) is 14.8. The number of methoxy groups -OCH3 is 1. The summed E-state index contributed by atoms with van der Waals surface area (Å²) in [5.74, 6) is 0.607. The number of amides is 1. The zero-order valence-corrected chi connectivity index (χ0v) is 12.2. The summed E-state index contributed by atoms with van der Waals surface area (Å²) in [6.45, 7) is 3.26. The minimum Gasteiger partial charge on any atom is -0.497 e. The van der Waals surface area contributed by atoms with Crippen LogP contribution >= 0.6 is 0 Å². The van der Waals surface area contributed by atoms with Gasteiger partial charge in [-0.2, -0.15) is 0 Å². The molecule has 0 saturated heterocycles. The molecule has 0 spiro atoms. The molecule has 0 aliphatic heterocycles. The van der Waals surface area contributed by atoms with Gasteiger partial charge >= 0.3 is 0 Å². The highest BCUT2D eigenvalue weighted by atomic mass is 16.5. The molecule has 0 unspecified atom stereocenters. The molecule has 110 valence electrons. The number of hydrogen-bond acceptors (Lipinski definition) is 4. The van der Waals surface area contributed by atoms with Gasteiger partial charge in [-0.3, -0.25) is 9.78 Å². The van der Waals surface area contributed by atoms with Crippen LogP contribution < -0.4 is 15.4 Å². The number of aromatic nitrogens is 1. The second-order valence-electron chi connectivity index (χ2n) is 4.49. The summed E-state index contributed by atoms with van der Waals surface area (Å²) in [6, 6.07) is 11.1. The van der Waals surface area contributed by atoms with E-state index in [2.05, 4.69) is 15.6 Å². The summed E-state index contributed by atoms with van der Waals surface area (Å²) in [5.41, 5.74) is 2.30. The maximum atomic E-state index is 12.1. The lowest BCUT2D eigenvalue weighted by atomic mass is 10.2.